The van der Waals surface area contributed by atoms with E-state index < -0.39 is 32.9 Å². The largest absolute Gasteiger partial charge is 0.454 e. The highest BCUT2D eigenvalue weighted by molar-refractivity contribution is 8.01. The van der Waals surface area contributed by atoms with Crippen molar-refractivity contribution in [1.29, 1.82) is 0 Å². The van der Waals surface area contributed by atoms with Crippen molar-refractivity contribution in [2.45, 2.75) is 4.90 Å². The van der Waals surface area contributed by atoms with Gasteiger partial charge in [-0.25, -0.2) is 13.2 Å². The van der Waals surface area contributed by atoms with Crippen LogP contribution in [0.5, 0.6) is 11.5 Å². The summed E-state index contributed by atoms with van der Waals surface area (Å²) in [5, 5.41) is 0. The van der Waals surface area contributed by atoms with Gasteiger partial charge in [0.05, 0.1) is 0 Å². The first-order valence-corrected chi connectivity index (χ1v) is 10.9. The molecule has 0 aliphatic heterocycles. The summed E-state index contributed by atoms with van der Waals surface area (Å²) in [6.45, 7) is 0. The van der Waals surface area contributed by atoms with Crippen molar-refractivity contribution in [2.24, 2.45) is 7.05 Å². The Bertz CT molecular complexity index is 1140. The minimum atomic E-state index is -2.66. The summed E-state index contributed by atoms with van der Waals surface area (Å²) in [5.41, 5.74) is -0.198. The second-order valence-corrected chi connectivity index (χ2v) is 9.92. The van der Waals surface area contributed by atoms with E-state index in [1.54, 1.807) is 24.6 Å². The fourth-order valence-corrected chi connectivity index (χ4v) is 3.54. The second-order valence-electron chi connectivity index (χ2n) is 6.70. The molecule has 2 aromatic carbocycles. The molecule has 4 nitrogen and oxygen atoms in total. The predicted molar refractivity (Wildman–Crippen MR) is 103 cm³/mol. The third kappa shape index (κ3) is 4.01. The summed E-state index contributed by atoms with van der Waals surface area (Å²) < 4.78 is 60.3. The van der Waals surface area contributed by atoms with Crippen LogP contribution in [0.4, 0.5) is 13.2 Å². The number of benzene rings is 2. The van der Waals surface area contributed by atoms with Crippen LogP contribution in [0.1, 0.15) is 0 Å². The third-order valence-electron chi connectivity index (χ3n) is 4.15. The Hall–Kier alpha value is -2.87. The minimum Gasteiger partial charge on any atom is -0.454 e. The smallest absolute Gasteiger partial charge is 0.286 e. The highest BCUT2D eigenvalue weighted by Gasteiger charge is 2.16. The molecule has 0 radical (unpaired) electrons. The van der Waals surface area contributed by atoms with Gasteiger partial charge in [-0.3, -0.25) is 9.00 Å². The average molecular weight is 409 g/mol. The molecule has 0 saturated heterocycles. The molecule has 8 heteroatoms. The van der Waals surface area contributed by atoms with E-state index in [-0.39, 0.29) is 17.1 Å². The van der Waals surface area contributed by atoms with E-state index in [1.165, 1.54) is 19.3 Å². The zero-order valence-corrected chi connectivity index (χ0v) is 16.3. The lowest BCUT2D eigenvalue weighted by Gasteiger charge is -2.18. The van der Waals surface area contributed by atoms with E-state index in [9.17, 15) is 22.2 Å². The molecule has 28 heavy (non-hydrogen) atoms. The third-order valence-corrected chi connectivity index (χ3v) is 5.67. The molecule has 3 rings (SSSR count). The summed E-state index contributed by atoms with van der Waals surface area (Å²) >= 11 is 0. The lowest BCUT2D eigenvalue weighted by atomic mass is 10.1. The fraction of sp³-hybridized carbons (Fsp3) is 0.150. The number of pyridine rings is 1. The maximum absolute atomic E-state index is 14.0. The number of hydrogen-bond donors (Lipinski definition) is 1. The summed E-state index contributed by atoms with van der Waals surface area (Å²) in [6.07, 6.45) is 4.55. The monoisotopic (exact) mass is 409 g/mol. The average Bonchev–Trinajstić information content (AvgIpc) is 2.61. The number of thiol groups is 1. The zero-order chi connectivity index (χ0) is 20.6. The first-order chi connectivity index (χ1) is 13.1. The van der Waals surface area contributed by atoms with Crippen molar-refractivity contribution in [3.8, 4) is 22.6 Å². The van der Waals surface area contributed by atoms with Gasteiger partial charge in [0.1, 0.15) is 11.6 Å². The van der Waals surface area contributed by atoms with Crippen LogP contribution in [0.2, 0.25) is 0 Å². The quantitative estimate of drug-likeness (QED) is 0.665. The number of aryl methyl sites for hydroxylation is 1. The Morgan fingerprint density at radius 2 is 1.61 bits per heavy atom. The summed E-state index contributed by atoms with van der Waals surface area (Å²) in [4.78, 5) is 12.2. The molecule has 0 amide bonds. The van der Waals surface area contributed by atoms with Gasteiger partial charge in [0, 0.05) is 35.3 Å². The fourth-order valence-electron chi connectivity index (χ4n) is 2.66. The van der Waals surface area contributed by atoms with E-state index >= 15 is 0 Å². The van der Waals surface area contributed by atoms with Crippen molar-refractivity contribution in [3.05, 3.63) is 76.5 Å². The normalized spacial score (nSPS) is 12.1. The highest BCUT2D eigenvalue weighted by Crippen LogP contribution is 2.36. The van der Waals surface area contributed by atoms with Gasteiger partial charge in [0.15, 0.2) is 17.4 Å². The Labute approximate surface area is 160 Å². The van der Waals surface area contributed by atoms with E-state index in [0.29, 0.717) is 16.5 Å². The highest BCUT2D eigenvalue weighted by atomic mass is 32.2. The van der Waals surface area contributed by atoms with Crippen LogP contribution >= 0.6 is 0 Å². The molecule has 148 valence electrons. The molecule has 0 unspecified atom stereocenters. The van der Waals surface area contributed by atoms with Crippen LogP contribution in [0.3, 0.4) is 0 Å². The molecule has 3 aromatic rings. The minimum absolute atomic E-state index is 0.140. The molecule has 1 heterocycles. The first-order valence-electron chi connectivity index (χ1n) is 8.25. The van der Waals surface area contributed by atoms with Gasteiger partial charge in [0.2, 0.25) is 0 Å². The summed E-state index contributed by atoms with van der Waals surface area (Å²) in [7, 11) is -1.27. The number of aromatic nitrogens is 1. The molecule has 0 saturated carbocycles. The van der Waals surface area contributed by atoms with Crippen LogP contribution in [-0.4, -0.2) is 21.3 Å². The van der Waals surface area contributed by atoms with Crippen LogP contribution in [0, 0.1) is 17.5 Å². The van der Waals surface area contributed by atoms with Crippen LogP contribution < -0.4 is 10.3 Å². The number of halogens is 3. The number of nitrogens with zero attached hydrogens (tertiary/aromatic N) is 1. The van der Waals surface area contributed by atoms with Crippen molar-refractivity contribution >= 4 is 9.93 Å². The topological polar surface area (TPSA) is 48.3 Å². The van der Waals surface area contributed by atoms with Gasteiger partial charge >= 0.3 is 0 Å². The predicted octanol–water partition coefficient (Wildman–Crippen LogP) is 3.90. The maximum Gasteiger partial charge on any atom is 0.286 e. The molecular weight excluding hydrogens is 391 g/mol. The van der Waals surface area contributed by atoms with Gasteiger partial charge in [-0.15, -0.1) is 0 Å². The summed E-state index contributed by atoms with van der Waals surface area (Å²) in [5.74, 6) is -2.71. The second kappa shape index (κ2) is 7.27. The molecular formula is C20H18F3NO3S. The van der Waals surface area contributed by atoms with Gasteiger partial charge in [-0.05, 0) is 48.9 Å². The first kappa shape index (κ1) is 19.9. The van der Waals surface area contributed by atoms with Crippen LogP contribution in [0.25, 0.3) is 11.1 Å². The van der Waals surface area contributed by atoms with Gasteiger partial charge in [-0.1, -0.05) is 9.93 Å². The number of ether oxygens (including phenoxy) is 1. The molecule has 0 N–H and O–H groups in total. The maximum atomic E-state index is 14.0. The lowest BCUT2D eigenvalue weighted by Crippen LogP contribution is -2.19. The van der Waals surface area contributed by atoms with Crippen molar-refractivity contribution in [1.82, 2.24) is 4.57 Å². The van der Waals surface area contributed by atoms with Gasteiger partial charge in [0.25, 0.3) is 5.56 Å². The van der Waals surface area contributed by atoms with Gasteiger partial charge < -0.3 is 9.30 Å². The standard InChI is InChI=1S/C20H18F3NO3S/c1-24-11-12(8-17(23)20(24)25)15-10-14(28(2,3)26)5-7-18(15)27-19-6-4-13(21)9-16(19)22/h4-11,28H,1-3H3. The van der Waals surface area contributed by atoms with E-state index in [1.807, 2.05) is 0 Å². The molecule has 0 aliphatic rings. The molecule has 0 aliphatic carbocycles. The van der Waals surface area contributed by atoms with Crippen molar-refractivity contribution < 1.29 is 22.1 Å². The Morgan fingerprint density at radius 1 is 0.929 bits per heavy atom. The van der Waals surface area contributed by atoms with Crippen molar-refractivity contribution in [2.75, 3.05) is 12.5 Å². The molecule has 0 atom stereocenters. The molecule has 0 fully saturated rings. The zero-order valence-electron chi connectivity index (χ0n) is 15.4. The summed E-state index contributed by atoms with van der Waals surface area (Å²) in [6, 6.07) is 8.50. The lowest BCUT2D eigenvalue weighted by molar-refractivity contribution is 0.438. The van der Waals surface area contributed by atoms with E-state index in [0.717, 1.165) is 22.8 Å². The van der Waals surface area contributed by atoms with Crippen molar-refractivity contribution in [3.63, 3.8) is 0 Å². The van der Waals surface area contributed by atoms with Gasteiger partial charge in [-0.2, -0.15) is 0 Å². The van der Waals surface area contributed by atoms with E-state index in [2.05, 4.69) is 0 Å². The van der Waals surface area contributed by atoms with Crippen LogP contribution in [-0.2, 0) is 17.0 Å². The number of hydrogen-bond acceptors (Lipinski definition) is 3. The SMILES string of the molecule is Cn1cc(-c2cc([SH](C)(C)=O)ccc2Oc2ccc(F)cc2F)cc(F)c1=O. The molecule has 1 aromatic heterocycles. The molecule has 0 spiro atoms. The Morgan fingerprint density at radius 3 is 2.21 bits per heavy atom. The number of rotatable bonds is 4. The Balaban J connectivity index is 2.20. The Kier molecular flexibility index (Phi) is 5.16. The van der Waals surface area contributed by atoms with Crippen LogP contribution in [0.15, 0.2) is 58.4 Å². The molecule has 0 bridgehead atoms. The van der Waals surface area contributed by atoms with E-state index in [4.69, 9.17) is 4.74 Å².